The smallest absolute Gasteiger partial charge is 0.157 e. The van der Waals surface area contributed by atoms with Gasteiger partial charge in [0.2, 0.25) is 0 Å². The molecule has 0 spiro atoms. The summed E-state index contributed by atoms with van der Waals surface area (Å²) in [4.78, 5) is 0. The molecule has 4 nitrogen and oxygen atoms in total. The predicted octanol–water partition coefficient (Wildman–Crippen LogP) is 2.35. The molecule has 17 heavy (non-hydrogen) atoms. The van der Waals surface area contributed by atoms with Crippen molar-refractivity contribution < 1.29 is 4.74 Å². The Bertz CT molecular complexity index is 540. The molecule has 0 atom stereocenters. The SMILES string of the molecule is CCn1cc(OCc2ccccc2C#N)cn1. The van der Waals surface area contributed by atoms with Gasteiger partial charge in [-0.3, -0.25) is 4.68 Å². The molecule has 0 bridgehead atoms. The topological polar surface area (TPSA) is 50.8 Å². The summed E-state index contributed by atoms with van der Waals surface area (Å²) in [6.45, 7) is 3.22. The van der Waals surface area contributed by atoms with Crippen LogP contribution in [-0.2, 0) is 13.2 Å². The Hall–Kier alpha value is -2.28. The van der Waals surface area contributed by atoms with Gasteiger partial charge < -0.3 is 4.74 Å². The van der Waals surface area contributed by atoms with Crippen LogP contribution in [0.15, 0.2) is 36.7 Å². The normalized spacial score (nSPS) is 9.88. The lowest BCUT2D eigenvalue weighted by Crippen LogP contribution is -1.97. The second-order valence-corrected chi connectivity index (χ2v) is 3.59. The molecule has 86 valence electrons. The van der Waals surface area contributed by atoms with Crippen LogP contribution in [0.4, 0.5) is 0 Å². The molecule has 2 rings (SSSR count). The molecule has 0 amide bonds. The highest BCUT2D eigenvalue weighted by Gasteiger charge is 2.03. The van der Waals surface area contributed by atoms with Gasteiger partial charge in [0.05, 0.1) is 24.0 Å². The molecule has 1 heterocycles. The van der Waals surface area contributed by atoms with Gasteiger partial charge in [0.1, 0.15) is 6.61 Å². The highest BCUT2D eigenvalue weighted by molar-refractivity contribution is 5.37. The van der Waals surface area contributed by atoms with E-state index in [1.165, 1.54) is 0 Å². The first-order chi connectivity index (χ1) is 8.33. The van der Waals surface area contributed by atoms with Crippen LogP contribution in [0.3, 0.4) is 0 Å². The molecule has 0 aliphatic carbocycles. The molecule has 2 aromatic rings. The second-order valence-electron chi connectivity index (χ2n) is 3.59. The fourth-order valence-corrected chi connectivity index (χ4v) is 1.51. The van der Waals surface area contributed by atoms with E-state index in [2.05, 4.69) is 11.2 Å². The van der Waals surface area contributed by atoms with Crippen molar-refractivity contribution >= 4 is 0 Å². The minimum Gasteiger partial charge on any atom is -0.486 e. The van der Waals surface area contributed by atoms with Crippen LogP contribution in [0, 0.1) is 11.3 Å². The molecule has 0 unspecified atom stereocenters. The largest absolute Gasteiger partial charge is 0.486 e. The van der Waals surface area contributed by atoms with Gasteiger partial charge in [0.15, 0.2) is 5.75 Å². The summed E-state index contributed by atoms with van der Waals surface area (Å²) in [7, 11) is 0. The molecule has 0 saturated heterocycles. The van der Waals surface area contributed by atoms with Crippen molar-refractivity contribution in [3.05, 3.63) is 47.8 Å². The van der Waals surface area contributed by atoms with Crippen LogP contribution in [0.25, 0.3) is 0 Å². The number of hydrogen-bond donors (Lipinski definition) is 0. The average molecular weight is 227 g/mol. The maximum atomic E-state index is 8.94. The molecule has 1 aromatic carbocycles. The minimum absolute atomic E-state index is 0.388. The Kier molecular flexibility index (Phi) is 3.41. The van der Waals surface area contributed by atoms with E-state index in [0.29, 0.717) is 12.2 Å². The van der Waals surface area contributed by atoms with Crippen LogP contribution >= 0.6 is 0 Å². The summed E-state index contributed by atoms with van der Waals surface area (Å²) in [5.41, 5.74) is 1.54. The number of hydrogen-bond acceptors (Lipinski definition) is 3. The van der Waals surface area contributed by atoms with E-state index in [-0.39, 0.29) is 0 Å². The van der Waals surface area contributed by atoms with E-state index >= 15 is 0 Å². The van der Waals surface area contributed by atoms with Crippen molar-refractivity contribution in [3.63, 3.8) is 0 Å². The van der Waals surface area contributed by atoms with Gasteiger partial charge in [0.25, 0.3) is 0 Å². The van der Waals surface area contributed by atoms with Crippen LogP contribution in [0.2, 0.25) is 0 Å². The van der Waals surface area contributed by atoms with Crippen LogP contribution < -0.4 is 4.74 Å². The number of benzene rings is 1. The Labute approximate surface area is 100 Å². The maximum absolute atomic E-state index is 8.94. The lowest BCUT2D eigenvalue weighted by molar-refractivity contribution is 0.305. The Morgan fingerprint density at radius 3 is 2.94 bits per heavy atom. The highest BCUT2D eigenvalue weighted by atomic mass is 16.5. The molecule has 0 N–H and O–H groups in total. The second kappa shape index (κ2) is 5.17. The zero-order valence-electron chi connectivity index (χ0n) is 9.63. The number of ether oxygens (including phenoxy) is 1. The van der Waals surface area contributed by atoms with Crippen molar-refractivity contribution in [1.29, 1.82) is 5.26 Å². The van der Waals surface area contributed by atoms with Gasteiger partial charge in [0, 0.05) is 12.1 Å². The van der Waals surface area contributed by atoms with Crippen LogP contribution in [0.1, 0.15) is 18.1 Å². The van der Waals surface area contributed by atoms with Crippen LogP contribution in [0.5, 0.6) is 5.75 Å². The van der Waals surface area contributed by atoms with E-state index in [0.717, 1.165) is 17.9 Å². The Balaban J connectivity index is 2.05. The highest BCUT2D eigenvalue weighted by Crippen LogP contribution is 2.13. The van der Waals surface area contributed by atoms with Crippen molar-refractivity contribution in [2.45, 2.75) is 20.1 Å². The molecule has 4 heteroatoms. The first-order valence-electron chi connectivity index (χ1n) is 5.46. The summed E-state index contributed by atoms with van der Waals surface area (Å²) >= 11 is 0. The van der Waals surface area contributed by atoms with Crippen LogP contribution in [-0.4, -0.2) is 9.78 Å². The Morgan fingerprint density at radius 2 is 2.24 bits per heavy atom. The van der Waals surface area contributed by atoms with E-state index in [9.17, 15) is 0 Å². The number of aromatic nitrogens is 2. The fraction of sp³-hybridized carbons (Fsp3) is 0.231. The van der Waals surface area contributed by atoms with E-state index in [4.69, 9.17) is 10.00 Å². The Morgan fingerprint density at radius 1 is 1.41 bits per heavy atom. The monoisotopic (exact) mass is 227 g/mol. The predicted molar refractivity (Wildman–Crippen MR) is 63.4 cm³/mol. The number of nitrogens with zero attached hydrogens (tertiary/aromatic N) is 3. The van der Waals surface area contributed by atoms with Gasteiger partial charge in [-0.05, 0) is 13.0 Å². The average Bonchev–Trinajstić information content (AvgIpc) is 2.84. The fourth-order valence-electron chi connectivity index (χ4n) is 1.51. The zero-order chi connectivity index (χ0) is 12.1. The quantitative estimate of drug-likeness (QED) is 0.805. The first kappa shape index (κ1) is 11.2. The van der Waals surface area contributed by atoms with Gasteiger partial charge >= 0.3 is 0 Å². The summed E-state index contributed by atoms with van der Waals surface area (Å²) in [5.74, 6) is 0.722. The van der Waals surface area contributed by atoms with Gasteiger partial charge in [-0.2, -0.15) is 10.4 Å². The molecule has 0 fully saturated rings. The van der Waals surface area contributed by atoms with Gasteiger partial charge in [-0.25, -0.2) is 0 Å². The first-order valence-corrected chi connectivity index (χ1v) is 5.46. The molecular weight excluding hydrogens is 214 g/mol. The van der Waals surface area contributed by atoms with Gasteiger partial charge in [-0.15, -0.1) is 0 Å². The molecule has 0 aliphatic heterocycles. The van der Waals surface area contributed by atoms with E-state index < -0.39 is 0 Å². The third-order valence-corrected chi connectivity index (χ3v) is 2.47. The van der Waals surface area contributed by atoms with Crippen molar-refractivity contribution in [2.24, 2.45) is 0 Å². The number of nitriles is 1. The molecule has 0 saturated carbocycles. The summed E-state index contributed by atoms with van der Waals surface area (Å²) in [6, 6.07) is 9.57. The number of aryl methyl sites for hydroxylation is 1. The third-order valence-electron chi connectivity index (χ3n) is 2.47. The molecule has 0 aliphatic rings. The van der Waals surface area contributed by atoms with Gasteiger partial charge in [-0.1, -0.05) is 18.2 Å². The van der Waals surface area contributed by atoms with Crippen molar-refractivity contribution in [2.75, 3.05) is 0 Å². The summed E-state index contributed by atoms with van der Waals surface area (Å²) in [5, 5.41) is 13.1. The zero-order valence-corrected chi connectivity index (χ0v) is 9.63. The minimum atomic E-state index is 0.388. The van der Waals surface area contributed by atoms with Crippen molar-refractivity contribution in [3.8, 4) is 11.8 Å². The standard InChI is InChI=1S/C13H13N3O/c1-2-16-9-13(8-15-16)17-10-12-6-4-3-5-11(12)7-14/h3-6,8-9H,2,10H2,1H3. The number of rotatable bonds is 4. The third kappa shape index (κ3) is 2.64. The lowest BCUT2D eigenvalue weighted by atomic mass is 10.1. The van der Waals surface area contributed by atoms with E-state index in [1.54, 1.807) is 16.9 Å². The lowest BCUT2D eigenvalue weighted by Gasteiger charge is -2.04. The molecule has 1 aromatic heterocycles. The molecular formula is C13H13N3O. The maximum Gasteiger partial charge on any atom is 0.157 e. The van der Waals surface area contributed by atoms with Crippen molar-refractivity contribution in [1.82, 2.24) is 9.78 Å². The van der Waals surface area contributed by atoms with E-state index in [1.807, 2.05) is 31.3 Å². The summed E-state index contributed by atoms with van der Waals surface area (Å²) in [6.07, 6.45) is 3.52. The molecule has 0 radical (unpaired) electrons. The summed E-state index contributed by atoms with van der Waals surface area (Å²) < 4.78 is 7.38.